The zero-order chi connectivity index (χ0) is 12.4. The number of rotatable bonds is 2. The molecule has 17 heavy (non-hydrogen) atoms. The molecule has 2 rings (SSSR count). The summed E-state index contributed by atoms with van der Waals surface area (Å²) in [5.74, 6) is -0.943. The average Bonchev–Trinajstić information content (AvgIpc) is 2.35. The molecule has 1 aromatic carbocycles. The quantitative estimate of drug-likeness (QED) is 0.809. The Labute approximate surface area is 97.4 Å². The normalized spacial score (nSPS) is 10.3. The van der Waals surface area contributed by atoms with Crippen LogP contribution in [-0.2, 0) is 4.74 Å². The topological polar surface area (TPSA) is 51.2 Å². The molecule has 0 amide bonds. The van der Waals surface area contributed by atoms with Crippen LogP contribution in [-0.4, -0.2) is 25.1 Å². The summed E-state index contributed by atoms with van der Waals surface area (Å²) < 4.78 is 17.7. The number of halogens is 1. The largest absolute Gasteiger partial charge is 0.464 e. The predicted molar refractivity (Wildman–Crippen MR) is 62.6 cm³/mol. The lowest BCUT2D eigenvalue weighted by Crippen LogP contribution is -2.06. The molecule has 0 unspecified atom stereocenters. The highest BCUT2D eigenvalue weighted by atomic mass is 19.1. The lowest BCUT2D eigenvalue weighted by atomic mass is 10.1. The van der Waals surface area contributed by atoms with Gasteiger partial charge in [-0.1, -0.05) is 0 Å². The Hall–Kier alpha value is -2.17. The molecule has 1 N–H and O–H groups in total. The fourth-order valence-electron chi connectivity index (χ4n) is 1.62. The van der Waals surface area contributed by atoms with Gasteiger partial charge in [0.2, 0.25) is 0 Å². The van der Waals surface area contributed by atoms with Gasteiger partial charge in [0.25, 0.3) is 0 Å². The Bertz CT molecular complexity index is 584. The number of ether oxygens (including phenoxy) is 1. The van der Waals surface area contributed by atoms with Gasteiger partial charge in [-0.15, -0.1) is 0 Å². The molecule has 0 aliphatic rings. The molecule has 0 aliphatic heterocycles. The molecule has 0 saturated heterocycles. The van der Waals surface area contributed by atoms with E-state index >= 15 is 0 Å². The van der Waals surface area contributed by atoms with Crippen LogP contribution >= 0.6 is 0 Å². The van der Waals surface area contributed by atoms with Gasteiger partial charge < -0.3 is 10.1 Å². The number of pyridine rings is 1. The van der Waals surface area contributed by atoms with Gasteiger partial charge in [0.05, 0.1) is 12.6 Å². The fraction of sp³-hybridized carbons (Fsp3) is 0.167. The third-order valence-electron chi connectivity index (χ3n) is 2.44. The van der Waals surface area contributed by atoms with E-state index in [2.05, 4.69) is 15.0 Å². The molecule has 0 fully saturated rings. The van der Waals surface area contributed by atoms with Crippen LogP contribution in [0.15, 0.2) is 24.3 Å². The first-order valence-electron chi connectivity index (χ1n) is 5.02. The van der Waals surface area contributed by atoms with E-state index in [9.17, 15) is 9.18 Å². The molecule has 0 spiro atoms. The van der Waals surface area contributed by atoms with Crippen molar-refractivity contribution >= 4 is 22.6 Å². The Morgan fingerprint density at radius 2 is 2.18 bits per heavy atom. The van der Waals surface area contributed by atoms with Gasteiger partial charge in [0, 0.05) is 24.2 Å². The highest BCUT2D eigenvalue weighted by molar-refractivity contribution is 5.97. The molecular weight excluding hydrogens is 223 g/mol. The number of aromatic nitrogens is 1. The summed E-state index contributed by atoms with van der Waals surface area (Å²) in [6.45, 7) is 0. The summed E-state index contributed by atoms with van der Waals surface area (Å²) in [5.41, 5.74) is 1.27. The van der Waals surface area contributed by atoms with E-state index in [1.807, 2.05) is 0 Å². The summed E-state index contributed by atoms with van der Waals surface area (Å²) in [5, 5.41) is 3.69. The highest BCUT2D eigenvalue weighted by Crippen LogP contribution is 2.23. The van der Waals surface area contributed by atoms with Gasteiger partial charge in [-0.3, -0.25) is 0 Å². The Morgan fingerprint density at radius 1 is 1.41 bits per heavy atom. The van der Waals surface area contributed by atoms with Crippen molar-refractivity contribution in [3.8, 4) is 0 Å². The number of fused-ring (bicyclic) bond motifs is 1. The van der Waals surface area contributed by atoms with Crippen molar-refractivity contribution < 1.29 is 13.9 Å². The van der Waals surface area contributed by atoms with Crippen LogP contribution in [0, 0.1) is 5.82 Å². The number of esters is 1. The number of carbonyl (C=O) groups excluding carboxylic acids is 1. The van der Waals surface area contributed by atoms with E-state index in [-0.39, 0.29) is 5.69 Å². The fourth-order valence-corrected chi connectivity index (χ4v) is 1.62. The van der Waals surface area contributed by atoms with Crippen molar-refractivity contribution in [3.63, 3.8) is 0 Å². The predicted octanol–water partition coefficient (Wildman–Crippen LogP) is 2.20. The smallest absolute Gasteiger partial charge is 0.356 e. The molecule has 4 nitrogen and oxygen atoms in total. The first kappa shape index (κ1) is 11.3. The Kier molecular flexibility index (Phi) is 2.91. The minimum absolute atomic E-state index is 0.148. The van der Waals surface area contributed by atoms with Gasteiger partial charge in [0.15, 0.2) is 5.69 Å². The van der Waals surface area contributed by atoms with Crippen LogP contribution in [0.2, 0.25) is 0 Å². The Morgan fingerprint density at radius 3 is 2.82 bits per heavy atom. The number of hydrogen-bond donors (Lipinski definition) is 1. The highest BCUT2D eigenvalue weighted by Gasteiger charge is 2.12. The second-order valence-corrected chi connectivity index (χ2v) is 3.46. The molecule has 1 aromatic heterocycles. The van der Waals surface area contributed by atoms with Gasteiger partial charge in [-0.2, -0.15) is 0 Å². The van der Waals surface area contributed by atoms with E-state index in [0.717, 1.165) is 5.39 Å². The van der Waals surface area contributed by atoms with E-state index in [4.69, 9.17) is 0 Å². The molecule has 0 aliphatic carbocycles. The molecule has 5 heteroatoms. The van der Waals surface area contributed by atoms with Gasteiger partial charge in [-0.05, 0) is 18.2 Å². The summed E-state index contributed by atoms with van der Waals surface area (Å²) in [6.07, 6.45) is 0. The first-order chi connectivity index (χ1) is 8.15. The maximum absolute atomic E-state index is 13.1. The number of nitrogens with zero attached hydrogens (tertiary/aromatic N) is 1. The van der Waals surface area contributed by atoms with Crippen LogP contribution in [0.3, 0.4) is 0 Å². The molecule has 0 atom stereocenters. The minimum Gasteiger partial charge on any atom is -0.464 e. The van der Waals surface area contributed by atoms with Crippen molar-refractivity contribution in [2.45, 2.75) is 0 Å². The zero-order valence-corrected chi connectivity index (χ0v) is 9.45. The van der Waals surface area contributed by atoms with Gasteiger partial charge in [0.1, 0.15) is 5.82 Å². The van der Waals surface area contributed by atoms with Crippen LogP contribution in [0.25, 0.3) is 10.9 Å². The van der Waals surface area contributed by atoms with E-state index < -0.39 is 11.8 Å². The third-order valence-corrected chi connectivity index (χ3v) is 2.44. The maximum Gasteiger partial charge on any atom is 0.356 e. The van der Waals surface area contributed by atoms with Crippen LogP contribution in [0.5, 0.6) is 0 Å². The summed E-state index contributed by atoms with van der Waals surface area (Å²) >= 11 is 0. The first-order valence-corrected chi connectivity index (χ1v) is 5.02. The van der Waals surface area contributed by atoms with Crippen molar-refractivity contribution in [3.05, 3.63) is 35.8 Å². The van der Waals surface area contributed by atoms with Crippen molar-refractivity contribution in [2.75, 3.05) is 19.5 Å². The van der Waals surface area contributed by atoms with Crippen LogP contribution in [0.4, 0.5) is 10.1 Å². The lowest BCUT2D eigenvalue weighted by molar-refractivity contribution is 0.0594. The molecule has 1 heterocycles. The van der Waals surface area contributed by atoms with E-state index in [0.29, 0.717) is 11.2 Å². The Balaban J connectivity index is 2.71. The second kappa shape index (κ2) is 4.37. The van der Waals surface area contributed by atoms with E-state index in [1.54, 1.807) is 19.2 Å². The lowest BCUT2D eigenvalue weighted by Gasteiger charge is -2.08. The SMILES string of the molecule is CNc1cc(C(=O)OC)nc2cc(F)ccc12. The zero-order valence-electron chi connectivity index (χ0n) is 9.45. The number of carbonyl (C=O) groups is 1. The molecule has 0 saturated carbocycles. The minimum atomic E-state index is -0.548. The molecule has 88 valence electrons. The molecule has 0 bridgehead atoms. The monoisotopic (exact) mass is 234 g/mol. The number of hydrogen-bond acceptors (Lipinski definition) is 4. The number of benzene rings is 1. The molecule has 2 aromatic rings. The van der Waals surface area contributed by atoms with E-state index in [1.165, 1.54) is 19.2 Å². The van der Waals surface area contributed by atoms with Crippen molar-refractivity contribution in [1.82, 2.24) is 4.98 Å². The summed E-state index contributed by atoms with van der Waals surface area (Å²) in [6, 6.07) is 5.82. The number of nitrogens with one attached hydrogen (secondary N) is 1. The number of anilines is 1. The number of methoxy groups -OCH3 is 1. The van der Waals surface area contributed by atoms with Crippen LogP contribution < -0.4 is 5.32 Å². The summed E-state index contributed by atoms with van der Waals surface area (Å²) in [4.78, 5) is 15.5. The van der Waals surface area contributed by atoms with Crippen molar-refractivity contribution in [1.29, 1.82) is 0 Å². The van der Waals surface area contributed by atoms with Crippen LogP contribution in [0.1, 0.15) is 10.5 Å². The maximum atomic E-state index is 13.1. The molecule has 0 radical (unpaired) electrons. The third kappa shape index (κ3) is 2.04. The summed E-state index contributed by atoms with van der Waals surface area (Å²) in [7, 11) is 3.00. The standard InChI is InChI=1S/C12H11FN2O2/c1-14-9-6-11(12(16)17-2)15-10-5-7(13)3-4-8(9)10/h3-6H,1-2H3,(H,14,15). The van der Waals surface area contributed by atoms with Gasteiger partial charge >= 0.3 is 5.97 Å². The second-order valence-electron chi connectivity index (χ2n) is 3.46. The average molecular weight is 234 g/mol. The molecular formula is C12H11FN2O2. The van der Waals surface area contributed by atoms with Crippen molar-refractivity contribution in [2.24, 2.45) is 0 Å². The van der Waals surface area contributed by atoms with Gasteiger partial charge in [-0.25, -0.2) is 14.2 Å².